The van der Waals surface area contributed by atoms with Gasteiger partial charge in [0.1, 0.15) is 17.5 Å². The Labute approximate surface area is 116 Å². The van der Waals surface area contributed by atoms with Crippen LogP contribution in [0.4, 0.5) is 4.39 Å². The van der Waals surface area contributed by atoms with E-state index in [-0.39, 0.29) is 23.2 Å². The number of rotatable bonds is 2. The minimum absolute atomic E-state index is 0.0121. The van der Waals surface area contributed by atoms with Crippen molar-refractivity contribution in [3.8, 4) is 0 Å². The van der Waals surface area contributed by atoms with Gasteiger partial charge in [0.25, 0.3) is 0 Å². The fraction of sp³-hybridized carbons (Fsp3) is 0.500. The number of carbonyl (C=O) groups excluding carboxylic acids is 1. The van der Waals surface area contributed by atoms with Crippen molar-refractivity contribution in [2.24, 2.45) is 0 Å². The summed E-state index contributed by atoms with van der Waals surface area (Å²) in [7, 11) is 0. The molecule has 1 aromatic rings. The summed E-state index contributed by atoms with van der Waals surface area (Å²) in [5.41, 5.74) is 0.495. The molecule has 0 amide bonds. The summed E-state index contributed by atoms with van der Waals surface area (Å²) in [6.07, 6.45) is 0. The van der Waals surface area contributed by atoms with Crippen molar-refractivity contribution in [3.63, 3.8) is 0 Å². The first-order valence-corrected chi connectivity index (χ1v) is 7.26. The molecule has 0 spiro atoms. The van der Waals surface area contributed by atoms with E-state index in [9.17, 15) is 9.18 Å². The Morgan fingerprint density at radius 3 is 2.58 bits per heavy atom. The van der Waals surface area contributed by atoms with Crippen molar-refractivity contribution in [2.75, 3.05) is 5.75 Å². The normalized spacial score (nSPS) is 23.4. The average molecular weight is 283 g/mol. The Balaban J connectivity index is 1.96. The summed E-state index contributed by atoms with van der Waals surface area (Å²) in [5.74, 6) is 0.178. The molecule has 0 saturated carbocycles. The number of esters is 1. The van der Waals surface area contributed by atoms with Gasteiger partial charge in [0.05, 0.1) is 5.37 Å². The summed E-state index contributed by atoms with van der Waals surface area (Å²) in [4.78, 5) is 11.9. The summed E-state index contributed by atoms with van der Waals surface area (Å²) < 4.78 is 18.2. The topological polar surface area (TPSA) is 38.3 Å². The SMILES string of the molecule is CC(C)(C)OC(=O)C1CSC(c2ccc(F)cc2)N1. The van der Waals surface area contributed by atoms with E-state index in [0.29, 0.717) is 5.75 Å². The second kappa shape index (κ2) is 5.51. The number of nitrogens with one attached hydrogen (secondary N) is 1. The number of ether oxygens (including phenoxy) is 1. The van der Waals surface area contributed by atoms with Gasteiger partial charge in [-0.2, -0.15) is 0 Å². The molecule has 19 heavy (non-hydrogen) atoms. The predicted molar refractivity (Wildman–Crippen MR) is 74.4 cm³/mol. The maximum Gasteiger partial charge on any atom is 0.324 e. The molecule has 1 aliphatic rings. The Bertz CT molecular complexity index is 456. The van der Waals surface area contributed by atoms with Gasteiger partial charge < -0.3 is 4.74 Å². The molecule has 0 radical (unpaired) electrons. The first-order valence-electron chi connectivity index (χ1n) is 6.21. The Hall–Kier alpha value is -1.07. The van der Waals surface area contributed by atoms with Crippen molar-refractivity contribution in [1.29, 1.82) is 0 Å². The third-order valence-electron chi connectivity index (χ3n) is 2.65. The van der Waals surface area contributed by atoms with Crippen molar-refractivity contribution < 1.29 is 13.9 Å². The molecule has 104 valence electrons. The molecule has 5 heteroatoms. The van der Waals surface area contributed by atoms with Crippen LogP contribution in [0.2, 0.25) is 0 Å². The lowest BCUT2D eigenvalue weighted by Crippen LogP contribution is -2.39. The average Bonchev–Trinajstić information content (AvgIpc) is 2.77. The van der Waals surface area contributed by atoms with E-state index in [1.807, 2.05) is 20.8 Å². The zero-order chi connectivity index (χ0) is 14.0. The van der Waals surface area contributed by atoms with E-state index in [1.165, 1.54) is 12.1 Å². The maximum atomic E-state index is 12.9. The summed E-state index contributed by atoms with van der Waals surface area (Å²) in [5, 5.41) is 3.23. The molecule has 1 aromatic carbocycles. The van der Waals surface area contributed by atoms with E-state index in [0.717, 1.165) is 5.56 Å². The molecule has 1 aliphatic heterocycles. The Morgan fingerprint density at radius 1 is 1.37 bits per heavy atom. The molecule has 2 atom stereocenters. The maximum absolute atomic E-state index is 12.9. The molecule has 1 N–H and O–H groups in total. The summed E-state index contributed by atoms with van der Waals surface area (Å²) >= 11 is 1.63. The fourth-order valence-corrected chi connectivity index (χ4v) is 3.04. The van der Waals surface area contributed by atoms with Gasteiger partial charge in [-0.15, -0.1) is 11.8 Å². The van der Waals surface area contributed by atoms with Gasteiger partial charge in [0.2, 0.25) is 0 Å². The quantitative estimate of drug-likeness (QED) is 0.847. The Morgan fingerprint density at radius 2 is 2.00 bits per heavy atom. The van der Waals surface area contributed by atoms with Crippen LogP contribution in [0.1, 0.15) is 31.7 Å². The first-order chi connectivity index (χ1) is 8.85. The first kappa shape index (κ1) is 14.3. The van der Waals surface area contributed by atoms with Gasteiger partial charge in [0, 0.05) is 5.75 Å². The molecule has 2 rings (SSSR count). The van der Waals surface area contributed by atoms with Crippen LogP contribution in [-0.4, -0.2) is 23.4 Å². The number of hydrogen-bond donors (Lipinski definition) is 1. The van der Waals surface area contributed by atoms with Crippen LogP contribution in [0.5, 0.6) is 0 Å². The lowest BCUT2D eigenvalue weighted by molar-refractivity contribution is -0.156. The third kappa shape index (κ3) is 3.94. The highest BCUT2D eigenvalue weighted by atomic mass is 32.2. The lowest BCUT2D eigenvalue weighted by Gasteiger charge is -2.22. The van der Waals surface area contributed by atoms with Crippen molar-refractivity contribution >= 4 is 17.7 Å². The monoisotopic (exact) mass is 283 g/mol. The number of hydrogen-bond acceptors (Lipinski definition) is 4. The largest absolute Gasteiger partial charge is 0.459 e. The number of halogens is 1. The van der Waals surface area contributed by atoms with Crippen LogP contribution in [-0.2, 0) is 9.53 Å². The smallest absolute Gasteiger partial charge is 0.324 e. The van der Waals surface area contributed by atoms with Gasteiger partial charge in [-0.3, -0.25) is 10.1 Å². The lowest BCUT2D eigenvalue weighted by atomic mass is 10.2. The highest BCUT2D eigenvalue weighted by Crippen LogP contribution is 2.33. The van der Waals surface area contributed by atoms with Crippen LogP contribution in [0.25, 0.3) is 0 Å². The molecular formula is C14H18FNO2S. The summed E-state index contributed by atoms with van der Waals surface area (Å²) in [6, 6.07) is 6.02. The van der Waals surface area contributed by atoms with Gasteiger partial charge in [0.15, 0.2) is 0 Å². The number of thioether (sulfide) groups is 1. The highest BCUT2D eigenvalue weighted by molar-refractivity contribution is 7.99. The van der Waals surface area contributed by atoms with E-state index in [4.69, 9.17) is 4.74 Å². The second-order valence-electron chi connectivity index (χ2n) is 5.52. The van der Waals surface area contributed by atoms with Crippen molar-refractivity contribution in [3.05, 3.63) is 35.6 Å². The Kier molecular flexibility index (Phi) is 4.16. The third-order valence-corrected chi connectivity index (χ3v) is 3.91. The second-order valence-corrected chi connectivity index (χ2v) is 6.66. The number of carbonyl (C=O) groups is 1. The molecular weight excluding hydrogens is 265 g/mol. The van der Waals surface area contributed by atoms with E-state index >= 15 is 0 Å². The molecule has 1 heterocycles. The highest BCUT2D eigenvalue weighted by Gasteiger charge is 2.33. The van der Waals surface area contributed by atoms with Crippen molar-refractivity contribution in [1.82, 2.24) is 5.32 Å². The van der Waals surface area contributed by atoms with Crippen molar-refractivity contribution in [2.45, 2.75) is 37.8 Å². The van der Waals surface area contributed by atoms with Gasteiger partial charge in [-0.25, -0.2) is 4.39 Å². The van der Waals surface area contributed by atoms with Crippen LogP contribution >= 0.6 is 11.8 Å². The van der Waals surface area contributed by atoms with E-state index in [1.54, 1.807) is 23.9 Å². The molecule has 0 aromatic heterocycles. The van der Waals surface area contributed by atoms with Gasteiger partial charge >= 0.3 is 5.97 Å². The zero-order valence-electron chi connectivity index (χ0n) is 11.3. The van der Waals surface area contributed by atoms with Gasteiger partial charge in [-0.05, 0) is 38.5 Å². The fourth-order valence-electron chi connectivity index (χ4n) is 1.81. The van der Waals surface area contributed by atoms with Crippen LogP contribution in [0.15, 0.2) is 24.3 Å². The van der Waals surface area contributed by atoms with Crippen LogP contribution in [0, 0.1) is 5.82 Å². The van der Waals surface area contributed by atoms with E-state index in [2.05, 4.69) is 5.32 Å². The summed E-state index contributed by atoms with van der Waals surface area (Å²) in [6.45, 7) is 5.55. The molecule has 2 unspecified atom stereocenters. The molecule has 3 nitrogen and oxygen atoms in total. The van der Waals surface area contributed by atoms with Crippen LogP contribution in [0.3, 0.4) is 0 Å². The molecule has 0 aliphatic carbocycles. The standard InChI is InChI=1S/C14H18FNO2S/c1-14(2,3)18-13(17)11-8-19-12(16-11)9-4-6-10(15)7-5-9/h4-7,11-12,16H,8H2,1-3H3. The molecule has 1 saturated heterocycles. The van der Waals surface area contributed by atoms with Crippen LogP contribution < -0.4 is 5.32 Å². The molecule has 1 fully saturated rings. The minimum Gasteiger partial charge on any atom is -0.459 e. The predicted octanol–water partition coefficient (Wildman–Crippen LogP) is 2.87. The van der Waals surface area contributed by atoms with E-state index < -0.39 is 5.60 Å². The molecule has 0 bridgehead atoms. The van der Waals surface area contributed by atoms with Gasteiger partial charge in [-0.1, -0.05) is 12.1 Å². The number of benzene rings is 1. The zero-order valence-corrected chi connectivity index (χ0v) is 12.1. The minimum atomic E-state index is -0.475.